The molecule has 0 aliphatic rings. The molecule has 128 valence electrons. The molecule has 3 rings (SSSR count). The summed E-state index contributed by atoms with van der Waals surface area (Å²) in [5.74, 6) is -7.97. The Kier molecular flexibility index (Phi) is 4.34. The molecule has 0 aromatic heterocycles. The summed E-state index contributed by atoms with van der Waals surface area (Å²) in [4.78, 5) is 0. The molecule has 0 fully saturated rings. The Labute approximate surface area is 137 Å². The number of benzene rings is 3. The Balaban J connectivity index is 2.08. The van der Waals surface area contributed by atoms with E-state index in [1.165, 1.54) is 0 Å². The van der Waals surface area contributed by atoms with Gasteiger partial charge in [-0.3, -0.25) is 0 Å². The van der Waals surface area contributed by atoms with E-state index >= 15 is 0 Å². The van der Waals surface area contributed by atoms with Crippen LogP contribution < -0.4 is 10.1 Å². The molecule has 25 heavy (non-hydrogen) atoms. The number of hydrogen-bond donors (Lipinski definition) is 1. The molecule has 0 unspecified atom stereocenters. The van der Waals surface area contributed by atoms with Gasteiger partial charge in [-0.2, -0.15) is 0 Å². The fourth-order valence-electron chi connectivity index (χ4n) is 2.37. The van der Waals surface area contributed by atoms with E-state index in [9.17, 15) is 31.4 Å². The van der Waals surface area contributed by atoms with E-state index in [1.807, 2.05) is 0 Å². The minimum Gasteiger partial charge on any atom is -0.532 e. The van der Waals surface area contributed by atoms with Gasteiger partial charge < -0.3 is 9.68 Å². The maximum atomic E-state index is 13.8. The average molecular weight is 356 g/mol. The van der Waals surface area contributed by atoms with Gasteiger partial charge in [0.25, 0.3) is 0 Å². The molecule has 0 radical (unpaired) electrons. The van der Waals surface area contributed by atoms with Gasteiger partial charge in [0.15, 0.2) is 11.6 Å². The first kappa shape index (κ1) is 17.2. The van der Waals surface area contributed by atoms with Crippen LogP contribution in [0.4, 0.5) is 26.3 Å². The first-order chi connectivity index (χ1) is 11.8. The van der Waals surface area contributed by atoms with Crippen molar-refractivity contribution in [2.75, 3.05) is 0 Å². The highest BCUT2D eigenvalue weighted by Crippen LogP contribution is 2.31. The van der Waals surface area contributed by atoms with E-state index in [-0.39, 0.29) is 11.5 Å². The number of fused-ring (bicyclic) bond motifs is 1. The molecular weight excluding hydrogens is 349 g/mol. The summed E-state index contributed by atoms with van der Waals surface area (Å²) >= 11 is 0. The van der Waals surface area contributed by atoms with Gasteiger partial charge in [-0.1, -0.05) is 0 Å². The molecule has 0 bridgehead atoms. The van der Waals surface area contributed by atoms with Crippen molar-refractivity contribution in [3.8, 4) is 5.75 Å². The van der Waals surface area contributed by atoms with E-state index in [0.717, 1.165) is 18.2 Å². The van der Waals surface area contributed by atoms with E-state index in [1.54, 1.807) is 0 Å². The maximum Gasteiger partial charge on any atom is 0.563 e. The topological polar surface area (TPSA) is 29.5 Å². The Hall–Kier alpha value is -2.68. The predicted molar refractivity (Wildman–Crippen MR) is 78.4 cm³/mol. The zero-order valence-corrected chi connectivity index (χ0v) is 12.2. The molecule has 9 heteroatoms. The van der Waals surface area contributed by atoms with E-state index in [2.05, 4.69) is 0 Å². The van der Waals surface area contributed by atoms with Gasteiger partial charge in [-0.15, -0.1) is 0 Å². The fourth-order valence-corrected chi connectivity index (χ4v) is 2.37. The Morgan fingerprint density at radius 1 is 0.760 bits per heavy atom. The van der Waals surface area contributed by atoms with Crippen LogP contribution in [0.15, 0.2) is 36.4 Å². The van der Waals surface area contributed by atoms with Crippen molar-refractivity contribution in [2.45, 2.75) is 0 Å². The van der Waals surface area contributed by atoms with Crippen LogP contribution >= 0.6 is 0 Å². The summed E-state index contributed by atoms with van der Waals surface area (Å²) in [6, 6.07) is 3.68. The molecule has 0 atom stereocenters. The van der Waals surface area contributed by atoms with Crippen molar-refractivity contribution in [1.82, 2.24) is 0 Å². The Bertz CT molecular complexity index is 979. The highest BCUT2D eigenvalue weighted by Gasteiger charge is 2.27. The Morgan fingerprint density at radius 2 is 1.40 bits per heavy atom. The van der Waals surface area contributed by atoms with Crippen LogP contribution in [0.5, 0.6) is 5.75 Å². The van der Waals surface area contributed by atoms with Gasteiger partial charge in [0.2, 0.25) is 0 Å². The maximum absolute atomic E-state index is 13.8. The third kappa shape index (κ3) is 3.14. The lowest BCUT2D eigenvalue weighted by atomic mass is 9.78. The molecule has 0 saturated carbocycles. The summed E-state index contributed by atoms with van der Waals surface area (Å²) in [5.41, 5.74) is -0.869. The molecule has 1 N–H and O–H groups in total. The lowest BCUT2D eigenvalue weighted by Gasteiger charge is -2.14. The van der Waals surface area contributed by atoms with Gasteiger partial charge in [0.1, 0.15) is 29.0 Å². The number of halogens is 6. The van der Waals surface area contributed by atoms with Gasteiger partial charge >= 0.3 is 7.12 Å². The second kappa shape index (κ2) is 6.32. The predicted octanol–water partition coefficient (Wildman–Crippen LogP) is 3.44. The largest absolute Gasteiger partial charge is 0.563 e. The molecular formula is C16H7BF6O2. The molecule has 0 aliphatic carbocycles. The molecule has 0 aliphatic heterocycles. The van der Waals surface area contributed by atoms with Crippen molar-refractivity contribution in [1.29, 1.82) is 0 Å². The van der Waals surface area contributed by atoms with Gasteiger partial charge in [0, 0.05) is 23.0 Å². The van der Waals surface area contributed by atoms with Gasteiger partial charge in [-0.25, -0.2) is 26.3 Å². The molecule has 0 heterocycles. The fraction of sp³-hybridized carbons (Fsp3) is 0. The van der Waals surface area contributed by atoms with E-state index < -0.39 is 58.6 Å². The normalized spacial score (nSPS) is 11.0. The zero-order valence-electron chi connectivity index (χ0n) is 12.2. The van der Waals surface area contributed by atoms with Crippen LogP contribution in [0, 0.1) is 34.9 Å². The van der Waals surface area contributed by atoms with Crippen LogP contribution in [0.2, 0.25) is 0 Å². The van der Waals surface area contributed by atoms with Crippen LogP contribution in [0.1, 0.15) is 0 Å². The lowest BCUT2D eigenvalue weighted by Crippen LogP contribution is -2.39. The molecule has 0 spiro atoms. The summed E-state index contributed by atoms with van der Waals surface area (Å²) in [7, 11) is -2.20. The van der Waals surface area contributed by atoms with Crippen molar-refractivity contribution >= 4 is 23.4 Å². The highest BCUT2D eigenvalue weighted by molar-refractivity contribution is 6.60. The zero-order chi connectivity index (χ0) is 18.3. The SMILES string of the molecule is OB(Oc1ccc(F)c2c(F)cc(F)cc12)c1cc(F)cc(F)c1F. The summed E-state index contributed by atoms with van der Waals surface area (Å²) in [6.45, 7) is 0. The van der Waals surface area contributed by atoms with Crippen molar-refractivity contribution in [2.24, 2.45) is 0 Å². The van der Waals surface area contributed by atoms with Crippen molar-refractivity contribution in [3.05, 3.63) is 71.3 Å². The molecule has 3 aromatic rings. The summed E-state index contributed by atoms with van der Waals surface area (Å²) in [6.07, 6.45) is 0. The minimum absolute atomic E-state index is 0.267. The van der Waals surface area contributed by atoms with Gasteiger partial charge in [-0.05, 0) is 24.3 Å². The lowest BCUT2D eigenvalue weighted by molar-refractivity contribution is 0.427. The minimum atomic E-state index is -2.20. The van der Waals surface area contributed by atoms with Crippen LogP contribution in [-0.2, 0) is 0 Å². The quantitative estimate of drug-likeness (QED) is 0.443. The van der Waals surface area contributed by atoms with Crippen molar-refractivity contribution in [3.63, 3.8) is 0 Å². The summed E-state index contributed by atoms with van der Waals surface area (Å²) in [5, 5.41) is 8.90. The average Bonchev–Trinajstić information content (AvgIpc) is 2.52. The van der Waals surface area contributed by atoms with Crippen LogP contribution in [-0.4, -0.2) is 12.1 Å². The molecule has 0 amide bonds. The Morgan fingerprint density at radius 3 is 2.12 bits per heavy atom. The monoisotopic (exact) mass is 356 g/mol. The first-order valence-electron chi connectivity index (χ1n) is 6.84. The smallest absolute Gasteiger partial charge is 0.532 e. The van der Waals surface area contributed by atoms with E-state index in [4.69, 9.17) is 4.65 Å². The van der Waals surface area contributed by atoms with Crippen LogP contribution in [0.25, 0.3) is 10.8 Å². The van der Waals surface area contributed by atoms with Gasteiger partial charge in [0.05, 0.1) is 5.39 Å². The van der Waals surface area contributed by atoms with Crippen LogP contribution in [0.3, 0.4) is 0 Å². The molecule has 3 aromatic carbocycles. The number of hydrogen-bond acceptors (Lipinski definition) is 2. The van der Waals surface area contributed by atoms with E-state index in [0.29, 0.717) is 12.1 Å². The second-order valence-corrected chi connectivity index (χ2v) is 5.12. The first-order valence-corrected chi connectivity index (χ1v) is 6.84. The molecule has 0 saturated heterocycles. The van der Waals surface area contributed by atoms with Crippen molar-refractivity contribution < 1.29 is 36.0 Å². The number of rotatable bonds is 3. The standard InChI is InChI=1S/C16H7BF6O2/c18-7-3-9-14(2-1-11(20)15(9)12(21)5-7)25-17(24)10-4-8(19)6-13(22)16(10)23/h1-6,24H. The third-order valence-corrected chi connectivity index (χ3v) is 3.47. The highest BCUT2D eigenvalue weighted by atomic mass is 19.2. The molecule has 2 nitrogen and oxygen atoms in total. The second-order valence-electron chi connectivity index (χ2n) is 5.12. The third-order valence-electron chi connectivity index (χ3n) is 3.47. The summed E-state index contributed by atoms with van der Waals surface area (Å²) < 4.78 is 86.0.